The Morgan fingerprint density at radius 2 is 2.19 bits per heavy atom. The lowest BCUT2D eigenvalue weighted by molar-refractivity contribution is 0.149. The van der Waals surface area contributed by atoms with Gasteiger partial charge in [0.1, 0.15) is 0 Å². The summed E-state index contributed by atoms with van der Waals surface area (Å²) in [6, 6.07) is 0. The minimum atomic E-state index is 0.131. The van der Waals surface area contributed by atoms with Crippen molar-refractivity contribution in [3.8, 4) is 0 Å². The van der Waals surface area contributed by atoms with Gasteiger partial charge in [-0.15, -0.1) is 0 Å². The minimum Gasteiger partial charge on any atom is -0.396 e. The van der Waals surface area contributed by atoms with Crippen molar-refractivity contribution in [2.24, 2.45) is 5.73 Å². The monoisotopic (exact) mass is 229 g/mol. The van der Waals surface area contributed by atoms with Gasteiger partial charge in [-0.25, -0.2) is 0 Å². The van der Waals surface area contributed by atoms with Gasteiger partial charge in [0.2, 0.25) is 0 Å². The number of nitrogens with two attached hydrogens (primary N) is 1. The molecular formula is C12H27N3O. The summed E-state index contributed by atoms with van der Waals surface area (Å²) in [5, 5.41) is 12.3. The molecule has 96 valence electrons. The molecule has 0 aromatic carbocycles. The van der Waals surface area contributed by atoms with Crippen molar-refractivity contribution in [3.63, 3.8) is 0 Å². The molecule has 0 spiro atoms. The zero-order valence-electron chi connectivity index (χ0n) is 10.5. The minimum absolute atomic E-state index is 0.131. The molecule has 0 amide bonds. The summed E-state index contributed by atoms with van der Waals surface area (Å²) in [5.74, 6) is 0. The molecule has 1 saturated heterocycles. The van der Waals surface area contributed by atoms with E-state index in [-0.39, 0.29) is 5.54 Å². The number of likely N-dealkylation sites (N-methyl/N-ethyl adjacent to an activating group) is 1. The number of nitrogens with zero attached hydrogens (tertiary/aromatic N) is 1. The smallest absolute Gasteiger partial charge is 0.0432 e. The quantitative estimate of drug-likeness (QED) is 0.544. The molecule has 0 aromatic rings. The maximum atomic E-state index is 8.70. The molecule has 1 heterocycles. The van der Waals surface area contributed by atoms with Crippen LogP contribution in [0.1, 0.15) is 32.1 Å². The van der Waals surface area contributed by atoms with Gasteiger partial charge < -0.3 is 21.1 Å². The molecule has 0 bridgehead atoms. The first kappa shape index (κ1) is 13.9. The molecule has 0 aliphatic carbocycles. The lowest BCUT2D eigenvalue weighted by atomic mass is 9.89. The van der Waals surface area contributed by atoms with E-state index in [1.807, 2.05) is 0 Å². The zero-order valence-corrected chi connectivity index (χ0v) is 10.5. The molecule has 0 saturated carbocycles. The van der Waals surface area contributed by atoms with Crippen LogP contribution in [-0.2, 0) is 0 Å². The van der Waals surface area contributed by atoms with Crippen molar-refractivity contribution in [2.75, 3.05) is 39.8 Å². The average molecular weight is 229 g/mol. The van der Waals surface area contributed by atoms with E-state index in [0.29, 0.717) is 6.61 Å². The lowest BCUT2D eigenvalue weighted by Gasteiger charge is -2.41. The summed E-state index contributed by atoms with van der Waals surface area (Å²) in [7, 11) is 2.16. The Morgan fingerprint density at radius 1 is 1.38 bits per heavy atom. The highest BCUT2D eigenvalue weighted by Crippen LogP contribution is 2.19. The van der Waals surface area contributed by atoms with Gasteiger partial charge in [0, 0.05) is 25.2 Å². The van der Waals surface area contributed by atoms with E-state index in [9.17, 15) is 0 Å². The summed E-state index contributed by atoms with van der Waals surface area (Å²) >= 11 is 0. The molecular weight excluding hydrogens is 202 g/mol. The summed E-state index contributed by atoms with van der Waals surface area (Å²) in [6.45, 7) is 4.30. The summed E-state index contributed by atoms with van der Waals surface area (Å²) in [5.41, 5.74) is 6.04. The first-order valence-electron chi connectivity index (χ1n) is 6.47. The second kappa shape index (κ2) is 7.22. The number of nitrogens with one attached hydrogen (secondary N) is 1. The van der Waals surface area contributed by atoms with E-state index >= 15 is 0 Å². The molecule has 1 aliphatic rings. The van der Waals surface area contributed by atoms with Crippen molar-refractivity contribution >= 4 is 0 Å². The van der Waals surface area contributed by atoms with Crippen LogP contribution >= 0.6 is 0 Å². The Morgan fingerprint density at radius 3 is 2.81 bits per heavy atom. The highest BCUT2D eigenvalue weighted by Gasteiger charge is 2.31. The van der Waals surface area contributed by atoms with E-state index in [1.54, 1.807) is 0 Å². The molecule has 0 aromatic heterocycles. The van der Waals surface area contributed by atoms with Gasteiger partial charge in [0.25, 0.3) is 0 Å². The summed E-state index contributed by atoms with van der Waals surface area (Å²) < 4.78 is 0. The molecule has 4 nitrogen and oxygen atoms in total. The van der Waals surface area contributed by atoms with Gasteiger partial charge in [0.05, 0.1) is 0 Å². The largest absolute Gasteiger partial charge is 0.396 e. The highest BCUT2D eigenvalue weighted by molar-refractivity contribution is 4.94. The average Bonchev–Trinajstić information content (AvgIpc) is 2.29. The van der Waals surface area contributed by atoms with Crippen LogP contribution in [-0.4, -0.2) is 55.4 Å². The van der Waals surface area contributed by atoms with Crippen molar-refractivity contribution in [1.29, 1.82) is 0 Å². The molecule has 1 atom stereocenters. The predicted octanol–water partition coefficient (Wildman–Crippen LogP) is 0.162. The molecule has 1 rings (SSSR count). The van der Waals surface area contributed by atoms with Gasteiger partial charge in [-0.3, -0.25) is 0 Å². The van der Waals surface area contributed by atoms with Crippen LogP contribution in [0.3, 0.4) is 0 Å². The van der Waals surface area contributed by atoms with Crippen molar-refractivity contribution in [2.45, 2.75) is 37.6 Å². The number of likely N-dealkylation sites (tertiary alicyclic amines) is 1. The SMILES string of the molecule is CN1CCCC(CN)(NCCCCCO)C1. The van der Waals surface area contributed by atoms with E-state index in [4.69, 9.17) is 10.8 Å². The molecule has 1 fully saturated rings. The van der Waals surface area contributed by atoms with Crippen LogP contribution in [0.4, 0.5) is 0 Å². The van der Waals surface area contributed by atoms with Gasteiger partial charge in [-0.05, 0) is 52.2 Å². The van der Waals surface area contributed by atoms with Gasteiger partial charge in [-0.2, -0.15) is 0 Å². The third-order valence-electron chi connectivity index (χ3n) is 3.49. The Kier molecular flexibility index (Phi) is 6.28. The number of hydrogen-bond acceptors (Lipinski definition) is 4. The number of unbranched alkanes of at least 4 members (excludes halogenated alkanes) is 2. The first-order valence-corrected chi connectivity index (χ1v) is 6.47. The fourth-order valence-corrected chi connectivity index (χ4v) is 2.51. The van der Waals surface area contributed by atoms with Gasteiger partial charge >= 0.3 is 0 Å². The highest BCUT2D eigenvalue weighted by atomic mass is 16.2. The van der Waals surface area contributed by atoms with Crippen LogP contribution < -0.4 is 11.1 Å². The second-order valence-corrected chi connectivity index (χ2v) is 5.04. The van der Waals surface area contributed by atoms with Gasteiger partial charge in [0.15, 0.2) is 0 Å². The summed E-state index contributed by atoms with van der Waals surface area (Å²) in [4.78, 5) is 2.36. The van der Waals surface area contributed by atoms with Crippen LogP contribution in [0.25, 0.3) is 0 Å². The van der Waals surface area contributed by atoms with Crippen molar-refractivity contribution < 1.29 is 5.11 Å². The Hall–Kier alpha value is -0.160. The third kappa shape index (κ3) is 4.37. The van der Waals surface area contributed by atoms with E-state index in [1.165, 1.54) is 19.4 Å². The fourth-order valence-electron chi connectivity index (χ4n) is 2.51. The molecule has 4 N–H and O–H groups in total. The first-order chi connectivity index (χ1) is 7.72. The Bertz CT molecular complexity index is 189. The molecule has 16 heavy (non-hydrogen) atoms. The molecule has 1 unspecified atom stereocenters. The van der Waals surface area contributed by atoms with Crippen molar-refractivity contribution in [1.82, 2.24) is 10.2 Å². The topological polar surface area (TPSA) is 61.5 Å². The number of aliphatic hydroxyl groups excluding tert-OH is 1. The summed E-state index contributed by atoms with van der Waals surface area (Å²) in [6.07, 6.45) is 5.56. The lowest BCUT2D eigenvalue weighted by Crippen LogP contribution is -2.60. The van der Waals surface area contributed by atoms with E-state index in [2.05, 4.69) is 17.3 Å². The number of aliphatic hydroxyl groups is 1. The number of rotatable bonds is 7. The number of piperidine rings is 1. The van der Waals surface area contributed by atoms with Crippen molar-refractivity contribution in [3.05, 3.63) is 0 Å². The second-order valence-electron chi connectivity index (χ2n) is 5.04. The standard InChI is InChI=1S/C12H27N3O/c1-15-8-5-6-12(10-13,11-15)14-7-3-2-4-9-16/h14,16H,2-11,13H2,1H3. The van der Waals surface area contributed by atoms with E-state index in [0.717, 1.165) is 38.9 Å². The van der Waals surface area contributed by atoms with Crippen LogP contribution in [0, 0.1) is 0 Å². The van der Waals surface area contributed by atoms with E-state index < -0.39 is 0 Å². The molecule has 1 aliphatic heterocycles. The zero-order chi connectivity index (χ0) is 11.9. The molecule has 4 heteroatoms. The van der Waals surface area contributed by atoms with Crippen LogP contribution in [0.2, 0.25) is 0 Å². The maximum absolute atomic E-state index is 8.70. The predicted molar refractivity (Wildman–Crippen MR) is 67.5 cm³/mol. The normalized spacial score (nSPS) is 27.2. The Balaban J connectivity index is 2.24. The fraction of sp³-hybridized carbons (Fsp3) is 1.00. The van der Waals surface area contributed by atoms with Crippen LogP contribution in [0.5, 0.6) is 0 Å². The number of hydrogen-bond donors (Lipinski definition) is 3. The van der Waals surface area contributed by atoms with Crippen LogP contribution in [0.15, 0.2) is 0 Å². The van der Waals surface area contributed by atoms with Gasteiger partial charge in [-0.1, -0.05) is 0 Å². The Labute approximate surface area is 99.2 Å². The molecule has 0 radical (unpaired) electrons. The third-order valence-corrected chi connectivity index (χ3v) is 3.49. The maximum Gasteiger partial charge on any atom is 0.0432 e.